The number of nitrogens with zero attached hydrogens (tertiary/aromatic N) is 2. The van der Waals surface area contributed by atoms with Crippen LogP contribution in [-0.4, -0.2) is 24.3 Å². The topological polar surface area (TPSA) is 104 Å². The molecule has 0 aromatic carbocycles. The monoisotopic (exact) mass is 184 g/mol. The lowest BCUT2D eigenvalue weighted by molar-refractivity contribution is 0.275. The maximum Gasteiger partial charge on any atom is 0.466 e. The van der Waals surface area contributed by atoms with Gasteiger partial charge in [-0.2, -0.15) is 0 Å². The van der Waals surface area contributed by atoms with Gasteiger partial charge in [0.15, 0.2) is 0 Å². The summed E-state index contributed by atoms with van der Waals surface area (Å²) in [6.07, 6.45) is 1.66. The third kappa shape index (κ3) is 15.6. The van der Waals surface area contributed by atoms with Crippen LogP contribution in [-0.2, 0) is 4.57 Å². The lowest BCUT2D eigenvalue weighted by atomic mass is 11.1. The highest BCUT2D eigenvalue weighted by Crippen LogP contribution is 2.25. The summed E-state index contributed by atoms with van der Waals surface area (Å²) in [7, 11) is -4.64. The summed E-state index contributed by atoms with van der Waals surface area (Å²) in [5, 5.41) is 5.31. The second-order valence-electron chi connectivity index (χ2n) is 1.10. The predicted molar refractivity (Wildman–Crippen MR) is 34.2 cm³/mol. The van der Waals surface area contributed by atoms with E-state index in [1.54, 1.807) is 6.20 Å². The molecule has 6 nitrogen and oxygen atoms in total. The fourth-order valence-electron chi connectivity index (χ4n) is 0.136. The van der Waals surface area contributed by atoms with E-state index >= 15 is 0 Å². The van der Waals surface area contributed by atoms with Crippen LogP contribution in [0.5, 0.6) is 0 Å². The Morgan fingerprint density at radius 1 is 1.40 bits per heavy atom. The molecule has 0 aliphatic carbocycles. The number of hydrogen-bond donors (Lipinski definition) is 3. The van der Waals surface area contributed by atoms with Crippen molar-refractivity contribution in [3.05, 3.63) is 11.6 Å². The molecule has 3 N–H and O–H groups in total. The molecule has 0 saturated heterocycles. The van der Waals surface area contributed by atoms with E-state index in [0.717, 1.165) is 0 Å². The summed E-state index contributed by atoms with van der Waals surface area (Å²) in [5.41, 5.74) is 0. The molecule has 0 unspecified atom stereocenters. The zero-order valence-electron chi connectivity index (χ0n) is 4.65. The molecule has 1 rings (SSSR count). The molecule has 0 spiro atoms. The van der Waals surface area contributed by atoms with E-state index in [1.807, 2.05) is 5.38 Å². The van der Waals surface area contributed by atoms with Gasteiger partial charge in [-0.3, -0.25) is 0 Å². The van der Waals surface area contributed by atoms with Gasteiger partial charge in [-0.25, -0.2) is 4.57 Å². The summed E-state index contributed by atoms with van der Waals surface area (Å²) in [4.78, 5) is 21.6. The van der Waals surface area contributed by atoms with Gasteiger partial charge >= 0.3 is 7.82 Å². The molecule has 1 aromatic heterocycles. The van der Waals surface area contributed by atoms with Crippen molar-refractivity contribution >= 4 is 19.4 Å². The van der Waals surface area contributed by atoms with E-state index in [-0.39, 0.29) is 0 Å². The largest absolute Gasteiger partial charge is 0.466 e. The summed E-state index contributed by atoms with van der Waals surface area (Å²) in [6.45, 7) is 0. The predicted octanol–water partition coefficient (Wildman–Crippen LogP) is -0.391. The van der Waals surface area contributed by atoms with Crippen LogP contribution < -0.4 is 0 Å². The van der Waals surface area contributed by atoms with Crippen molar-refractivity contribution in [1.82, 2.24) is 9.59 Å². The average molecular weight is 184 g/mol. The second-order valence-corrected chi connectivity index (χ2v) is 2.77. The minimum Gasteiger partial charge on any atom is -0.303 e. The number of aromatic nitrogens is 2. The van der Waals surface area contributed by atoms with Crippen LogP contribution in [0.25, 0.3) is 0 Å². The highest BCUT2D eigenvalue weighted by molar-refractivity contribution is 7.45. The molecule has 0 atom stereocenters. The molecule has 1 aromatic rings. The molecule has 0 fully saturated rings. The van der Waals surface area contributed by atoms with Gasteiger partial charge < -0.3 is 14.7 Å². The van der Waals surface area contributed by atoms with Gasteiger partial charge in [-0.1, -0.05) is 4.49 Å². The fourth-order valence-corrected chi connectivity index (χ4v) is 0.408. The summed E-state index contributed by atoms with van der Waals surface area (Å²) >= 11 is 1.35. The Morgan fingerprint density at radius 2 is 1.90 bits per heavy atom. The van der Waals surface area contributed by atoms with Crippen LogP contribution >= 0.6 is 19.4 Å². The van der Waals surface area contributed by atoms with Crippen LogP contribution in [0.2, 0.25) is 0 Å². The molecular formula is C2H5N2O4PS. The number of phosphoric acid groups is 1. The average Bonchev–Trinajstić information content (AvgIpc) is 2.07. The van der Waals surface area contributed by atoms with Crippen LogP contribution in [0.3, 0.4) is 0 Å². The van der Waals surface area contributed by atoms with E-state index < -0.39 is 7.82 Å². The van der Waals surface area contributed by atoms with Crippen molar-refractivity contribution in [2.24, 2.45) is 0 Å². The Bertz CT molecular complexity index is 170. The quantitative estimate of drug-likeness (QED) is 0.474. The molecule has 10 heavy (non-hydrogen) atoms. The third-order valence-electron chi connectivity index (χ3n) is 0.283. The first-order valence-electron chi connectivity index (χ1n) is 1.99. The highest BCUT2D eigenvalue weighted by Gasteiger charge is 2.00. The highest BCUT2D eigenvalue weighted by atomic mass is 32.1. The maximum absolute atomic E-state index is 8.88. The van der Waals surface area contributed by atoms with Gasteiger partial charge in [-0.05, 0) is 11.5 Å². The van der Waals surface area contributed by atoms with Crippen molar-refractivity contribution in [3.63, 3.8) is 0 Å². The van der Waals surface area contributed by atoms with Crippen molar-refractivity contribution < 1.29 is 19.2 Å². The molecule has 0 aliphatic rings. The van der Waals surface area contributed by atoms with Gasteiger partial charge in [0.05, 0.1) is 6.20 Å². The second kappa shape index (κ2) is 4.48. The van der Waals surface area contributed by atoms with Crippen molar-refractivity contribution in [2.75, 3.05) is 0 Å². The van der Waals surface area contributed by atoms with Crippen LogP contribution in [0.15, 0.2) is 11.6 Å². The standard InChI is InChI=1S/C2H2N2S.H3O4P/c1-2-5-4-3-1;1-5(2,3)4/h1-2H;(H3,1,2,3,4). The summed E-state index contributed by atoms with van der Waals surface area (Å²) in [6, 6.07) is 0. The van der Waals surface area contributed by atoms with Crippen molar-refractivity contribution in [3.8, 4) is 0 Å². The molecule has 0 saturated carbocycles. The molecule has 58 valence electrons. The van der Waals surface area contributed by atoms with Crippen LogP contribution in [0.1, 0.15) is 0 Å². The van der Waals surface area contributed by atoms with Crippen molar-refractivity contribution in [1.29, 1.82) is 0 Å². The smallest absolute Gasteiger partial charge is 0.303 e. The van der Waals surface area contributed by atoms with Crippen LogP contribution in [0.4, 0.5) is 0 Å². The van der Waals surface area contributed by atoms with Gasteiger partial charge in [0.1, 0.15) is 0 Å². The first-order valence-corrected chi connectivity index (χ1v) is 4.39. The molecule has 0 amide bonds. The van der Waals surface area contributed by atoms with E-state index in [4.69, 9.17) is 19.2 Å². The van der Waals surface area contributed by atoms with Gasteiger partial charge in [0.25, 0.3) is 0 Å². The number of hydrogen-bond acceptors (Lipinski definition) is 4. The molecule has 0 aliphatic heterocycles. The zero-order valence-corrected chi connectivity index (χ0v) is 6.37. The first kappa shape index (κ1) is 9.67. The van der Waals surface area contributed by atoms with Gasteiger partial charge in [0.2, 0.25) is 0 Å². The fraction of sp³-hybridized carbons (Fsp3) is 0. The Labute approximate surface area is 60.6 Å². The maximum atomic E-state index is 8.88. The lowest BCUT2D eigenvalue weighted by Gasteiger charge is -1.82. The summed E-state index contributed by atoms with van der Waals surface area (Å²) < 4.78 is 12.4. The van der Waals surface area contributed by atoms with E-state index in [1.165, 1.54) is 11.5 Å². The Balaban J connectivity index is 0.000000162. The Morgan fingerprint density at radius 3 is 2.00 bits per heavy atom. The minimum atomic E-state index is -4.64. The van der Waals surface area contributed by atoms with E-state index in [9.17, 15) is 0 Å². The zero-order chi connectivity index (χ0) is 8.04. The molecule has 1 heterocycles. The molecule has 8 heteroatoms. The molecule has 0 bridgehead atoms. The first-order chi connectivity index (χ1) is 4.50. The molecular weight excluding hydrogens is 179 g/mol. The SMILES string of the molecule is O=P(O)(O)O.c1csnn1. The molecule has 0 radical (unpaired) electrons. The Kier molecular flexibility index (Phi) is 4.33. The normalized spacial score (nSPS) is 9.90. The number of rotatable bonds is 0. The minimum absolute atomic E-state index is 1.35. The van der Waals surface area contributed by atoms with Crippen molar-refractivity contribution in [2.45, 2.75) is 0 Å². The lowest BCUT2D eigenvalue weighted by Crippen LogP contribution is -1.66. The summed E-state index contributed by atoms with van der Waals surface area (Å²) in [5.74, 6) is 0. The van der Waals surface area contributed by atoms with E-state index in [2.05, 4.69) is 9.59 Å². The van der Waals surface area contributed by atoms with E-state index in [0.29, 0.717) is 0 Å². The third-order valence-corrected chi connectivity index (χ3v) is 0.715. The van der Waals surface area contributed by atoms with Gasteiger partial charge in [-0.15, -0.1) is 5.10 Å². The van der Waals surface area contributed by atoms with Gasteiger partial charge in [0, 0.05) is 5.38 Å². The van der Waals surface area contributed by atoms with Crippen LogP contribution in [0, 0.1) is 0 Å². The Hall–Kier alpha value is -0.330.